The summed E-state index contributed by atoms with van der Waals surface area (Å²) in [5, 5.41) is 8.76. The summed E-state index contributed by atoms with van der Waals surface area (Å²) in [4.78, 5) is 10.7. The zero-order valence-corrected chi connectivity index (χ0v) is 10.6. The molecule has 0 aromatic heterocycles. The second kappa shape index (κ2) is 7.14. The van der Waals surface area contributed by atoms with E-state index in [2.05, 4.69) is 0 Å². The van der Waals surface area contributed by atoms with Crippen LogP contribution in [-0.2, 0) is 11.2 Å². The van der Waals surface area contributed by atoms with E-state index < -0.39 is 11.9 Å². The van der Waals surface area contributed by atoms with Crippen LogP contribution < -0.4 is 11.5 Å². The molecule has 0 aliphatic rings. The molecule has 1 aromatic carbocycles. The van der Waals surface area contributed by atoms with Crippen LogP contribution in [-0.4, -0.2) is 17.1 Å². The van der Waals surface area contributed by atoms with Crippen molar-refractivity contribution in [1.29, 1.82) is 0 Å². The lowest BCUT2D eigenvalue weighted by molar-refractivity contribution is -0.141. The van der Waals surface area contributed by atoms with Crippen molar-refractivity contribution in [1.82, 2.24) is 0 Å². The van der Waals surface area contributed by atoms with E-state index in [0.29, 0.717) is 12.8 Å². The predicted molar refractivity (Wildman–Crippen MR) is 71.2 cm³/mol. The summed E-state index contributed by atoms with van der Waals surface area (Å²) in [5.74, 6) is -1.20. The van der Waals surface area contributed by atoms with Crippen LogP contribution in [0, 0.1) is 5.92 Å². The quantitative estimate of drug-likeness (QED) is 0.701. The Morgan fingerprint density at radius 2 is 1.88 bits per heavy atom. The van der Waals surface area contributed by atoms with Gasteiger partial charge in [-0.25, -0.2) is 0 Å². The molecule has 2 atom stereocenters. The van der Waals surface area contributed by atoms with Crippen LogP contribution in [0.4, 0.5) is 5.69 Å². The van der Waals surface area contributed by atoms with Crippen molar-refractivity contribution in [2.24, 2.45) is 11.7 Å². The number of halogens is 1. The van der Waals surface area contributed by atoms with Gasteiger partial charge in [0.05, 0.1) is 5.92 Å². The lowest BCUT2D eigenvalue weighted by atomic mass is 9.97. The molecule has 0 bridgehead atoms. The Morgan fingerprint density at radius 3 is 2.35 bits per heavy atom. The predicted octanol–water partition coefficient (Wildman–Crippen LogP) is 1.67. The molecule has 0 radical (unpaired) electrons. The van der Waals surface area contributed by atoms with E-state index in [4.69, 9.17) is 16.6 Å². The highest BCUT2D eigenvalue weighted by atomic mass is 35.5. The molecule has 0 fully saturated rings. The first-order valence-corrected chi connectivity index (χ1v) is 5.32. The number of nitrogen functional groups attached to an aromatic ring is 1. The largest absolute Gasteiger partial charge is 0.481 e. The number of nitrogens with two attached hydrogens (primary N) is 2. The highest BCUT2D eigenvalue weighted by molar-refractivity contribution is 5.85. The molecule has 4 nitrogen and oxygen atoms in total. The standard InChI is InChI=1S/C12H18N2O2.ClH/c1-8(12(15)16)6-11(14)7-9-2-4-10(13)5-3-9;/h2-5,8,11H,6-7,13-14H2,1H3,(H,15,16);1H/t8-,11+;/m0./s1. The molecule has 1 rings (SSSR count). The first-order chi connectivity index (χ1) is 7.49. The maximum Gasteiger partial charge on any atom is 0.306 e. The van der Waals surface area contributed by atoms with Crippen molar-refractivity contribution in [3.8, 4) is 0 Å². The summed E-state index contributed by atoms with van der Waals surface area (Å²) in [7, 11) is 0. The molecule has 96 valence electrons. The number of anilines is 1. The van der Waals surface area contributed by atoms with Gasteiger partial charge >= 0.3 is 5.97 Å². The molecule has 17 heavy (non-hydrogen) atoms. The van der Waals surface area contributed by atoms with Gasteiger partial charge in [0.25, 0.3) is 0 Å². The maximum atomic E-state index is 10.7. The Labute approximate surface area is 107 Å². The van der Waals surface area contributed by atoms with Gasteiger partial charge in [-0.3, -0.25) is 4.79 Å². The molecule has 0 spiro atoms. The van der Waals surface area contributed by atoms with Crippen molar-refractivity contribution in [2.45, 2.75) is 25.8 Å². The molecule has 0 unspecified atom stereocenters. The molecule has 0 saturated carbocycles. The molecule has 0 saturated heterocycles. The van der Waals surface area contributed by atoms with Gasteiger partial charge in [-0.15, -0.1) is 12.4 Å². The average Bonchev–Trinajstić information content (AvgIpc) is 2.21. The van der Waals surface area contributed by atoms with E-state index in [1.807, 2.05) is 24.3 Å². The van der Waals surface area contributed by atoms with E-state index in [9.17, 15) is 4.79 Å². The fourth-order valence-electron chi connectivity index (χ4n) is 1.59. The van der Waals surface area contributed by atoms with E-state index >= 15 is 0 Å². The average molecular weight is 259 g/mol. The summed E-state index contributed by atoms with van der Waals surface area (Å²) in [6, 6.07) is 7.35. The van der Waals surface area contributed by atoms with Gasteiger partial charge in [0.1, 0.15) is 0 Å². The Kier molecular flexibility index (Phi) is 6.61. The van der Waals surface area contributed by atoms with Crippen LogP contribution in [0.2, 0.25) is 0 Å². The molecular weight excluding hydrogens is 240 g/mol. The van der Waals surface area contributed by atoms with Crippen molar-refractivity contribution in [3.63, 3.8) is 0 Å². The number of carboxylic acids is 1. The van der Waals surface area contributed by atoms with Gasteiger partial charge in [0, 0.05) is 11.7 Å². The Hall–Kier alpha value is -1.26. The topological polar surface area (TPSA) is 89.3 Å². The first kappa shape index (κ1) is 15.7. The molecule has 0 aliphatic carbocycles. The minimum atomic E-state index is -0.798. The smallest absolute Gasteiger partial charge is 0.306 e. The van der Waals surface area contributed by atoms with Crippen molar-refractivity contribution < 1.29 is 9.90 Å². The number of benzene rings is 1. The van der Waals surface area contributed by atoms with Crippen LogP contribution in [0.15, 0.2) is 24.3 Å². The van der Waals surface area contributed by atoms with Crippen LogP contribution in [0.1, 0.15) is 18.9 Å². The molecule has 5 N–H and O–H groups in total. The van der Waals surface area contributed by atoms with Crippen LogP contribution in [0.5, 0.6) is 0 Å². The van der Waals surface area contributed by atoms with Crippen molar-refractivity contribution >= 4 is 24.1 Å². The number of carboxylic acid groups (broad SMARTS) is 1. The summed E-state index contributed by atoms with van der Waals surface area (Å²) in [6.07, 6.45) is 1.16. The Balaban J connectivity index is 0.00000256. The molecule has 0 aliphatic heterocycles. The van der Waals surface area contributed by atoms with Gasteiger partial charge in [0.15, 0.2) is 0 Å². The second-order valence-corrected chi connectivity index (χ2v) is 4.18. The maximum absolute atomic E-state index is 10.7. The van der Waals surface area contributed by atoms with Gasteiger partial charge < -0.3 is 16.6 Å². The number of carbonyl (C=O) groups is 1. The normalized spacial score (nSPS) is 13.5. The molecule has 1 aromatic rings. The number of rotatable bonds is 5. The van der Waals surface area contributed by atoms with Crippen molar-refractivity contribution in [3.05, 3.63) is 29.8 Å². The third-order valence-electron chi connectivity index (χ3n) is 2.56. The van der Waals surface area contributed by atoms with E-state index in [1.165, 1.54) is 0 Å². The monoisotopic (exact) mass is 258 g/mol. The fraction of sp³-hybridized carbons (Fsp3) is 0.417. The molecular formula is C12H19ClN2O2. The van der Waals surface area contributed by atoms with E-state index in [0.717, 1.165) is 11.3 Å². The number of aliphatic carboxylic acids is 1. The van der Waals surface area contributed by atoms with Crippen LogP contribution >= 0.6 is 12.4 Å². The molecule has 0 amide bonds. The molecule has 5 heteroatoms. The minimum absolute atomic E-state index is 0. The third kappa shape index (κ3) is 5.56. The lowest BCUT2D eigenvalue weighted by Gasteiger charge is -2.14. The summed E-state index contributed by atoms with van der Waals surface area (Å²) < 4.78 is 0. The fourth-order valence-corrected chi connectivity index (χ4v) is 1.59. The summed E-state index contributed by atoms with van der Waals surface area (Å²) >= 11 is 0. The number of hydrogen-bond donors (Lipinski definition) is 3. The van der Waals surface area contributed by atoms with Gasteiger partial charge in [0.2, 0.25) is 0 Å². The zero-order valence-electron chi connectivity index (χ0n) is 9.80. The van der Waals surface area contributed by atoms with E-state index in [-0.39, 0.29) is 18.4 Å². The van der Waals surface area contributed by atoms with Gasteiger partial charge in [-0.1, -0.05) is 19.1 Å². The van der Waals surface area contributed by atoms with Crippen LogP contribution in [0.3, 0.4) is 0 Å². The Morgan fingerprint density at radius 1 is 1.35 bits per heavy atom. The zero-order chi connectivity index (χ0) is 12.1. The van der Waals surface area contributed by atoms with Gasteiger partial charge in [-0.05, 0) is 30.5 Å². The highest BCUT2D eigenvalue weighted by Gasteiger charge is 2.15. The first-order valence-electron chi connectivity index (χ1n) is 5.32. The Bertz CT molecular complexity index is 354. The SMILES string of the molecule is C[C@@H](C[C@@H](N)Cc1ccc(N)cc1)C(=O)O.Cl. The third-order valence-corrected chi connectivity index (χ3v) is 2.56. The molecule has 0 heterocycles. The lowest BCUT2D eigenvalue weighted by Crippen LogP contribution is -2.28. The summed E-state index contributed by atoms with van der Waals surface area (Å²) in [6.45, 7) is 1.67. The van der Waals surface area contributed by atoms with Crippen LogP contribution in [0.25, 0.3) is 0 Å². The second-order valence-electron chi connectivity index (χ2n) is 4.18. The highest BCUT2D eigenvalue weighted by Crippen LogP contribution is 2.11. The van der Waals surface area contributed by atoms with E-state index in [1.54, 1.807) is 6.92 Å². The minimum Gasteiger partial charge on any atom is -0.481 e. The summed E-state index contributed by atoms with van der Waals surface area (Å²) in [5.41, 5.74) is 13.3. The number of hydrogen-bond acceptors (Lipinski definition) is 3. The van der Waals surface area contributed by atoms with Gasteiger partial charge in [-0.2, -0.15) is 0 Å². The van der Waals surface area contributed by atoms with Crippen molar-refractivity contribution in [2.75, 3.05) is 5.73 Å².